The Kier molecular flexibility index (Phi) is 2.48. The molecule has 0 unspecified atom stereocenters. The first kappa shape index (κ1) is 8.07. The predicted molar refractivity (Wildman–Crippen MR) is 46.7 cm³/mol. The highest BCUT2D eigenvalue weighted by molar-refractivity contribution is 9.10. The summed E-state index contributed by atoms with van der Waals surface area (Å²) in [6.07, 6.45) is 2.70. The van der Waals surface area contributed by atoms with Crippen LogP contribution >= 0.6 is 15.9 Å². The van der Waals surface area contributed by atoms with Crippen molar-refractivity contribution in [2.45, 2.75) is 0 Å². The largest absolute Gasteiger partial charge is 0.504 e. The van der Waals surface area contributed by atoms with Crippen molar-refractivity contribution in [1.82, 2.24) is 4.98 Å². The minimum absolute atomic E-state index is 0.0162. The van der Waals surface area contributed by atoms with Gasteiger partial charge in [0.25, 0.3) is 0 Å². The Labute approximate surface area is 72.7 Å². The van der Waals surface area contributed by atoms with Crippen molar-refractivity contribution in [1.29, 1.82) is 0 Å². The molecule has 0 aliphatic heterocycles. The van der Waals surface area contributed by atoms with Crippen molar-refractivity contribution in [2.75, 3.05) is 0 Å². The maximum atomic E-state index is 9.08. The lowest BCUT2D eigenvalue weighted by Crippen LogP contribution is -1.90. The van der Waals surface area contributed by atoms with E-state index in [4.69, 9.17) is 10.8 Å². The predicted octanol–water partition coefficient (Wildman–Crippen LogP) is 1.66. The number of halogens is 1. The average Bonchev–Trinajstić information content (AvgIpc) is 2.05. The van der Waals surface area contributed by atoms with Crippen LogP contribution in [-0.2, 0) is 0 Å². The highest BCUT2D eigenvalue weighted by Gasteiger charge is 1.97. The molecular formula is C7H7BrN2O. The molecule has 0 saturated heterocycles. The average molecular weight is 215 g/mol. The summed E-state index contributed by atoms with van der Waals surface area (Å²) >= 11 is 3.22. The molecule has 3 nitrogen and oxygen atoms in total. The molecular weight excluding hydrogens is 208 g/mol. The highest BCUT2D eigenvalue weighted by atomic mass is 79.9. The van der Waals surface area contributed by atoms with Crippen LogP contribution in [0.1, 0.15) is 5.69 Å². The van der Waals surface area contributed by atoms with E-state index in [1.807, 2.05) is 0 Å². The van der Waals surface area contributed by atoms with Gasteiger partial charge in [-0.1, -0.05) is 0 Å². The van der Waals surface area contributed by atoms with Crippen molar-refractivity contribution >= 4 is 21.7 Å². The zero-order valence-electron chi connectivity index (χ0n) is 5.66. The molecule has 0 amide bonds. The molecule has 0 bridgehead atoms. The highest BCUT2D eigenvalue weighted by Crippen LogP contribution is 2.11. The van der Waals surface area contributed by atoms with Gasteiger partial charge in [-0.2, -0.15) is 0 Å². The summed E-state index contributed by atoms with van der Waals surface area (Å²) in [7, 11) is 0. The van der Waals surface area contributed by atoms with Gasteiger partial charge in [-0.05, 0) is 28.1 Å². The first-order valence-corrected chi connectivity index (χ1v) is 3.76. The van der Waals surface area contributed by atoms with Crippen LogP contribution in [0.15, 0.2) is 29.0 Å². The number of aliphatic hydroxyl groups is 1. The molecule has 0 spiro atoms. The lowest BCUT2D eigenvalue weighted by Gasteiger charge is -1.96. The Morgan fingerprint density at radius 2 is 2.36 bits per heavy atom. The number of aliphatic hydroxyl groups excluding tert-OH is 1. The molecule has 1 aromatic rings. The third kappa shape index (κ3) is 1.94. The number of pyridine rings is 1. The molecule has 58 valence electrons. The van der Waals surface area contributed by atoms with E-state index in [-0.39, 0.29) is 5.76 Å². The molecule has 4 heteroatoms. The van der Waals surface area contributed by atoms with E-state index < -0.39 is 0 Å². The third-order valence-electron chi connectivity index (χ3n) is 1.15. The second kappa shape index (κ2) is 3.39. The van der Waals surface area contributed by atoms with Crippen LogP contribution in [0.5, 0.6) is 0 Å². The summed E-state index contributed by atoms with van der Waals surface area (Å²) in [5.41, 5.74) is 5.55. The molecule has 0 saturated carbocycles. The van der Waals surface area contributed by atoms with Gasteiger partial charge in [0.2, 0.25) is 0 Å². The summed E-state index contributed by atoms with van der Waals surface area (Å²) in [6, 6.07) is 3.45. The van der Waals surface area contributed by atoms with E-state index in [0.29, 0.717) is 5.69 Å². The summed E-state index contributed by atoms with van der Waals surface area (Å²) in [6.45, 7) is 0. The first-order chi connectivity index (χ1) is 5.24. The molecule has 1 rings (SSSR count). The second-order valence-electron chi connectivity index (χ2n) is 1.91. The Balaban J connectivity index is 2.99. The summed E-state index contributed by atoms with van der Waals surface area (Å²) in [4.78, 5) is 3.90. The Morgan fingerprint density at radius 3 is 2.82 bits per heavy atom. The Morgan fingerprint density at radius 1 is 1.64 bits per heavy atom. The summed E-state index contributed by atoms with van der Waals surface area (Å²) in [5.74, 6) is -0.0162. The molecule has 3 N–H and O–H groups in total. The molecule has 0 aliphatic carbocycles. The molecule has 1 heterocycles. The van der Waals surface area contributed by atoms with Gasteiger partial charge in [0.15, 0.2) is 5.76 Å². The first-order valence-electron chi connectivity index (χ1n) is 2.97. The molecule has 0 atom stereocenters. The van der Waals surface area contributed by atoms with Crippen LogP contribution in [0, 0.1) is 0 Å². The maximum Gasteiger partial charge on any atom is 0.156 e. The van der Waals surface area contributed by atoms with Crippen LogP contribution in [0.25, 0.3) is 5.76 Å². The molecule has 0 radical (unpaired) electrons. The van der Waals surface area contributed by atoms with Crippen molar-refractivity contribution in [2.24, 2.45) is 5.73 Å². The van der Waals surface area contributed by atoms with Gasteiger partial charge in [0.05, 0.1) is 0 Å². The van der Waals surface area contributed by atoms with E-state index in [9.17, 15) is 0 Å². The fourth-order valence-electron chi connectivity index (χ4n) is 0.613. The van der Waals surface area contributed by atoms with Crippen LogP contribution in [0.4, 0.5) is 0 Å². The van der Waals surface area contributed by atoms with Gasteiger partial charge in [0.1, 0.15) is 5.69 Å². The summed E-state index contributed by atoms with van der Waals surface area (Å²) in [5, 5.41) is 9.08. The number of nitrogens with two attached hydrogens (primary N) is 1. The number of nitrogens with zero attached hydrogens (tertiary/aromatic N) is 1. The number of rotatable bonds is 1. The fourth-order valence-corrected chi connectivity index (χ4v) is 0.847. The Hall–Kier alpha value is -1.03. The lowest BCUT2D eigenvalue weighted by molar-refractivity contribution is 0.507. The van der Waals surface area contributed by atoms with E-state index in [2.05, 4.69) is 20.9 Å². The molecule has 0 aliphatic rings. The van der Waals surface area contributed by atoms with Crippen LogP contribution in [0.2, 0.25) is 0 Å². The van der Waals surface area contributed by atoms with E-state index in [0.717, 1.165) is 10.7 Å². The maximum absolute atomic E-state index is 9.08. The molecule has 1 aromatic heterocycles. The normalized spacial score (nSPS) is 11.5. The van der Waals surface area contributed by atoms with E-state index >= 15 is 0 Å². The lowest BCUT2D eigenvalue weighted by atomic mass is 10.3. The second-order valence-corrected chi connectivity index (χ2v) is 2.83. The topological polar surface area (TPSA) is 59.1 Å². The smallest absolute Gasteiger partial charge is 0.156 e. The van der Waals surface area contributed by atoms with Gasteiger partial charge in [-0.15, -0.1) is 0 Å². The van der Waals surface area contributed by atoms with Crippen molar-refractivity contribution in [3.05, 3.63) is 34.7 Å². The van der Waals surface area contributed by atoms with Gasteiger partial charge < -0.3 is 10.8 Å². The zero-order valence-corrected chi connectivity index (χ0v) is 7.25. The monoisotopic (exact) mass is 214 g/mol. The van der Waals surface area contributed by atoms with Gasteiger partial charge in [0, 0.05) is 16.9 Å². The third-order valence-corrected chi connectivity index (χ3v) is 1.62. The van der Waals surface area contributed by atoms with Gasteiger partial charge in [-0.3, -0.25) is 4.98 Å². The molecule has 0 fully saturated rings. The van der Waals surface area contributed by atoms with Crippen molar-refractivity contribution in [3.63, 3.8) is 0 Å². The standard InChI is InChI=1S/C7H7BrN2O/c8-5-1-2-6(10-4-5)7(11)3-9/h1-4,11H,9H2/b7-3+. The minimum Gasteiger partial charge on any atom is -0.504 e. The molecule has 0 aromatic carbocycles. The molecule has 11 heavy (non-hydrogen) atoms. The van der Waals surface area contributed by atoms with Gasteiger partial charge >= 0.3 is 0 Å². The fraction of sp³-hybridized carbons (Fsp3) is 0. The number of aromatic nitrogens is 1. The van der Waals surface area contributed by atoms with Crippen molar-refractivity contribution < 1.29 is 5.11 Å². The van der Waals surface area contributed by atoms with Crippen LogP contribution in [0.3, 0.4) is 0 Å². The number of hydrogen-bond donors (Lipinski definition) is 2. The zero-order chi connectivity index (χ0) is 8.27. The van der Waals surface area contributed by atoms with Crippen LogP contribution < -0.4 is 5.73 Å². The van der Waals surface area contributed by atoms with E-state index in [1.165, 1.54) is 0 Å². The SMILES string of the molecule is N/C=C(/O)c1ccc(Br)cn1. The minimum atomic E-state index is -0.0162. The van der Waals surface area contributed by atoms with Crippen molar-refractivity contribution in [3.8, 4) is 0 Å². The Bertz CT molecular complexity index is 268. The number of hydrogen-bond acceptors (Lipinski definition) is 3. The van der Waals surface area contributed by atoms with E-state index in [1.54, 1.807) is 18.3 Å². The van der Waals surface area contributed by atoms with Gasteiger partial charge in [-0.25, -0.2) is 0 Å². The van der Waals surface area contributed by atoms with Crippen LogP contribution in [-0.4, -0.2) is 10.1 Å². The summed E-state index contributed by atoms with van der Waals surface area (Å²) < 4.78 is 0.867. The quantitative estimate of drug-likeness (QED) is 0.700.